The van der Waals surface area contributed by atoms with Gasteiger partial charge in [-0.1, -0.05) is 33.6 Å². The van der Waals surface area contributed by atoms with Crippen LogP contribution in [0.3, 0.4) is 0 Å². The molecule has 1 amide bonds. The summed E-state index contributed by atoms with van der Waals surface area (Å²) < 4.78 is 0. The lowest BCUT2D eigenvalue weighted by molar-refractivity contribution is -0.138. The van der Waals surface area contributed by atoms with Gasteiger partial charge in [0.25, 0.3) is 0 Å². The van der Waals surface area contributed by atoms with E-state index in [4.69, 9.17) is 5.73 Å². The number of piperidine rings is 1. The Morgan fingerprint density at radius 3 is 2.55 bits per heavy atom. The highest BCUT2D eigenvalue weighted by molar-refractivity contribution is 5.77. The molecular formula is C17H32N2O. The van der Waals surface area contributed by atoms with Gasteiger partial charge < -0.3 is 10.6 Å². The van der Waals surface area contributed by atoms with E-state index in [1.54, 1.807) is 0 Å². The summed E-state index contributed by atoms with van der Waals surface area (Å²) in [7, 11) is 0. The number of fused-ring (bicyclic) bond motifs is 1. The summed E-state index contributed by atoms with van der Waals surface area (Å²) in [5.41, 5.74) is 6.39. The Morgan fingerprint density at radius 1 is 1.20 bits per heavy atom. The Kier molecular flexibility index (Phi) is 5.11. The predicted octanol–water partition coefficient (Wildman–Crippen LogP) is 3.32. The summed E-state index contributed by atoms with van der Waals surface area (Å²) >= 11 is 0. The number of likely N-dealkylation sites (tertiary alicyclic amines) is 1. The number of hydrogen-bond donors (Lipinski definition) is 1. The summed E-state index contributed by atoms with van der Waals surface area (Å²) in [4.78, 5) is 14.8. The molecule has 0 radical (unpaired) electrons. The largest absolute Gasteiger partial charge is 0.339 e. The second-order valence-corrected chi connectivity index (χ2v) is 8.07. The quantitative estimate of drug-likeness (QED) is 0.862. The minimum absolute atomic E-state index is 0.00599. The fourth-order valence-electron chi connectivity index (χ4n) is 4.13. The highest BCUT2D eigenvalue weighted by Gasteiger charge is 2.36. The number of amides is 1. The molecule has 20 heavy (non-hydrogen) atoms. The van der Waals surface area contributed by atoms with Crippen LogP contribution in [0.1, 0.15) is 72.1 Å². The monoisotopic (exact) mass is 280 g/mol. The van der Waals surface area contributed by atoms with Crippen LogP contribution >= 0.6 is 0 Å². The van der Waals surface area contributed by atoms with Crippen LogP contribution in [0.4, 0.5) is 0 Å². The van der Waals surface area contributed by atoms with Crippen LogP contribution in [-0.2, 0) is 4.79 Å². The molecule has 1 aliphatic heterocycles. The van der Waals surface area contributed by atoms with Gasteiger partial charge in [0, 0.05) is 25.0 Å². The van der Waals surface area contributed by atoms with E-state index in [-0.39, 0.29) is 11.5 Å². The first-order valence-electron chi connectivity index (χ1n) is 8.42. The fraction of sp³-hybridized carbons (Fsp3) is 0.941. The van der Waals surface area contributed by atoms with Crippen molar-refractivity contribution < 1.29 is 4.79 Å². The van der Waals surface area contributed by atoms with Crippen molar-refractivity contribution in [3.63, 3.8) is 0 Å². The summed E-state index contributed by atoms with van der Waals surface area (Å²) in [6, 6.07) is 0.526. The predicted molar refractivity (Wildman–Crippen MR) is 83.4 cm³/mol. The molecule has 3 unspecified atom stereocenters. The maximum atomic E-state index is 12.6. The van der Waals surface area contributed by atoms with E-state index in [1.165, 1.54) is 38.5 Å². The lowest BCUT2D eigenvalue weighted by atomic mass is 9.78. The van der Waals surface area contributed by atoms with Crippen LogP contribution in [-0.4, -0.2) is 29.4 Å². The molecule has 1 saturated carbocycles. The van der Waals surface area contributed by atoms with Crippen LogP contribution < -0.4 is 5.73 Å². The molecule has 3 atom stereocenters. The van der Waals surface area contributed by atoms with E-state index in [0.29, 0.717) is 18.4 Å². The summed E-state index contributed by atoms with van der Waals surface area (Å²) in [5, 5.41) is 0. The van der Waals surface area contributed by atoms with Gasteiger partial charge in [-0.25, -0.2) is 0 Å². The minimum Gasteiger partial charge on any atom is -0.339 e. The van der Waals surface area contributed by atoms with Gasteiger partial charge in [-0.2, -0.15) is 0 Å². The second-order valence-electron chi connectivity index (χ2n) is 8.07. The van der Waals surface area contributed by atoms with Gasteiger partial charge in [-0.05, 0) is 43.4 Å². The van der Waals surface area contributed by atoms with Crippen molar-refractivity contribution >= 4 is 5.91 Å². The number of carbonyl (C=O) groups excluding carboxylic acids is 1. The molecule has 0 spiro atoms. The molecule has 3 heteroatoms. The molecule has 116 valence electrons. The van der Waals surface area contributed by atoms with E-state index in [9.17, 15) is 4.79 Å². The highest BCUT2D eigenvalue weighted by atomic mass is 16.2. The van der Waals surface area contributed by atoms with E-state index in [1.807, 2.05) is 0 Å². The number of nitrogens with zero attached hydrogens (tertiary/aromatic N) is 1. The van der Waals surface area contributed by atoms with Crippen molar-refractivity contribution in [3.8, 4) is 0 Å². The van der Waals surface area contributed by atoms with Gasteiger partial charge in [0.05, 0.1) is 0 Å². The third-order valence-electron chi connectivity index (χ3n) is 4.87. The maximum absolute atomic E-state index is 12.6. The van der Waals surface area contributed by atoms with Crippen molar-refractivity contribution in [1.82, 2.24) is 4.90 Å². The molecular weight excluding hydrogens is 248 g/mol. The summed E-state index contributed by atoms with van der Waals surface area (Å²) in [5.74, 6) is 1.07. The van der Waals surface area contributed by atoms with Crippen LogP contribution in [0, 0.1) is 11.3 Å². The zero-order valence-electron chi connectivity index (χ0n) is 13.5. The Labute approximate surface area is 124 Å². The minimum atomic E-state index is 0.00599. The van der Waals surface area contributed by atoms with Crippen LogP contribution in [0.2, 0.25) is 0 Å². The molecule has 1 heterocycles. The first-order chi connectivity index (χ1) is 9.37. The van der Waals surface area contributed by atoms with Gasteiger partial charge in [-0.3, -0.25) is 4.79 Å². The molecule has 3 nitrogen and oxygen atoms in total. The number of carbonyl (C=O) groups is 1. The lowest BCUT2D eigenvalue weighted by Gasteiger charge is -2.44. The average molecular weight is 280 g/mol. The topological polar surface area (TPSA) is 46.3 Å². The van der Waals surface area contributed by atoms with E-state index in [0.717, 1.165) is 18.9 Å². The molecule has 2 fully saturated rings. The molecule has 2 N–H and O–H groups in total. The maximum Gasteiger partial charge on any atom is 0.224 e. The molecule has 1 aliphatic carbocycles. The van der Waals surface area contributed by atoms with Crippen molar-refractivity contribution in [2.75, 3.05) is 6.54 Å². The van der Waals surface area contributed by atoms with Crippen LogP contribution in [0.15, 0.2) is 0 Å². The number of hydrogen-bond acceptors (Lipinski definition) is 2. The van der Waals surface area contributed by atoms with Gasteiger partial charge in [0.15, 0.2) is 0 Å². The van der Waals surface area contributed by atoms with Crippen LogP contribution in [0.25, 0.3) is 0 Å². The van der Waals surface area contributed by atoms with Crippen molar-refractivity contribution in [1.29, 1.82) is 0 Å². The van der Waals surface area contributed by atoms with Crippen molar-refractivity contribution in [2.24, 2.45) is 17.1 Å². The molecule has 2 rings (SSSR count). The van der Waals surface area contributed by atoms with Crippen molar-refractivity contribution in [2.45, 2.75) is 84.2 Å². The smallest absolute Gasteiger partial charge is 0.224 e. The third-order valence-corrected chi connectivity index (χ3v) is 4.87. The molecule has 0 bridgehead atoms. The highest BCUT2D eigenvalue weighted by Crippen LogP contribution is 2.35. The second kappa shape index (κ2) is 6.46. The van der Waals surface area contributed by atoms with Crippen molar-refractivity contribution in [3.05, 3.63) is 0 Å². The zero-order chi connectivity index (χ0) is 14.8. The molecule has 0 aromatic rings. The molecule has 2 aliphatic rings. The fourth-order valence-corrected chi connectivity index (χ4v) is 4.13. The summed E-state index contributed by atoms with van der Waals surface area (Å²) in [6.45, 7) is 7.53. The first-order valence-corrected chi connectivity index (χ1v) is 8.42. The Balaban J connectivity index is 1.90. The number of nitrogens with two attached hydrogens (primary N) is 1. The Bertz CT molecular complexity index is 332. The lowest BCUT2D eigenvalue weighted by Crippen LogP contribution is -2.50. The molecule has 0 aromatic heterocycles. The van der Waals surface area contributed by atoms with E-state index >= 15 is 0 Å². The van der Waals surface area contributed by atoms with Gasteiger partial charge >= 0.3 is 0 Å². The average Bonchev–Trinajstić information content (AvgIpc) is 2.35. The van der Waals surface area contributed by atoms with E-state index < -0.39 is 0 Å². The Morgan fingerprint density at radius 2 is 1.85 bits per heavy atom. The summed E-state index contributed by atoms with van der Waals surface area (Å²) in [6.07, 6.45) is 9.13. The number of rotatable bonds is 3. The van der Waals surface area contributed by atoms with Gasteiger partial charge in [0.2, 0.25) is 5.91 Å². The Hall–Kier alpha value is -0.570. The first kappa shape index (κ1) is 15.8. The molecule has 1 saturated heterocycles. The third kappa shape index (κ3) is 4.21. The van der Waals surface area contributed by atoms with Gasteiger partial charge in [-0.15, -0.1) is 0 Å². The molecule has 0 aromatic carbocycles. The zero-order valence-corrected chi connectivity index (χ0v) is 13.5. The normalized spacial score (nSPS) is 28.9. The SMILES string of the molecule is CC(C)(C)CC(N)CC(=O)N1CCCC2CCCCC21. The van der Waals surface area contributed by atoms with E-state index in [2.05, 4.69) is 25.7 Å². The standard InChI is InChI=1S/C17H32N2O/c1-17(2,3)12-14(18)11-16(20)19-10-6-8-13-7-4-5-9-15(13)19/h13-15H,4-12,18H2,1-3H3. The van der Waals surface area contributed by atoms with Gasteiger partial charge in [0.1, 0.15) is 0 Å². The van der Waals surface area contributed by atoms with Crippen LogP contribution in [0.5, 0.6) is 0 Å².